The molecule has 2 aliphatic rings. The molecule has 20 heavy (non-hydrogen) atoms. The van der Waals surface area contributed by atoms with Crippen molar-refractivity contribution in [2.45, 2.75) is 31.5 Å². The maximum absolute atomic E-state index is 11.2. The van der Waals surface area contributed by atoms with Gasteiger partial charge < -0.3 is 9.47 Å². The summed E-state index contributed by atoms with van der Waals surface area (Å²) in [5, 5.41) is 11.9. The van der Waals surface area contributed by atoms with E-state index in [1.165, 1.54) is 14.2 Å². The molecule has 0 spiro atoms. The van der Waals surface area contributed by atoms with E-state index in [2.05, 4.69) is 25.9 Å². The Morgan fingerprint density at radius 3 is 2.45 bits per heavy atom. The molecule has 2 rings (SSSR count). The number of halogens is 1. The Labute approximate surface area is 125 Å². The van der Waals surface area contributed by atoms with Crippen LogP contribution in [0.1, 0.15) is 13.3 Å². The molecule has 1 heterocycles. The van der Waals surface area contributed by atoms with Crippen LogP contribution in [0.5, 0.6) is 0 Å². The van der Waals surface area contributed by atoms with E-state index in [1.54, 1.807) is 0 Å². The summed E-state index contributed by atoms with van der Waals surface area (Å²) in [5.41, 5.74) is 0. The number of fused-ring (bicyclic) bond motifs is 1. The van der Waals surface area contributed by atoms with Crippen molar-refractivity contribution in [3.8, 4) is 0 Å². The number of nitrogens with zero attached hydrogens (tertiary/aromatic N) is 3. The maximum atomic E-state index is 11.2. The zero-order chi connectivity index (χ0) is 14.9. The fourth-order valence-electron chi connectivity index (χ4n) is 2.98. The molecule has 0 bridgehead atoms. The van der Waals surface area contributed by atoms with Crippen molar-refractivity contribution < 1.29 is 14.4 Å². The van der Waals surface area contributed by atoms with Crippen LogP contribution in [-0.2, 0) is 9.47 Å². The van der Waals surface area contributed by atoms with Gasteiger partial charge >= 0.3 is 0 Å². The number of rotatable bonds is 2. The van der Waals surface area contributed by atoms with Gasteiger partial charge in [0.25, 0.3) is 11.8 Å². The lowest BCUT2D eigenvalue weighted by Gasteiger charge is -2.40. The molecule has 0 N–H and O–H groups in total. The van der Waals surface area contributed by atoms with Gasteiger partial charge in [-0.25, -0.2) is 9.98 Å². The Kier molecular flexibility index (Phi) is 4.62. The molecule has 1 aliphatic heterocycles. The van der Waals surface area contributed by atoms with Crippen LogP contribution in [0.2, 0.25) is 0 Å². The monoisotopic (exact) mass is 347 g/mol. The molecule has 5 unspecified atom stereocenters. The minimum Gasteiger partial charge on any atom is -0.477 e. The first-order valence-electron chi connectivity index (χ1n) is 6.46. The average Bonchev–Trinajstić information content (AvgIpc) is 2.44. The molecule has 1 aliphatic carbocycles. The van der Waals surface area contributed by atoms with E-state index in [-0.39, 0.29) is 28.8 Å². The smallest absolute Gasteiger partial charge is 0.273 e. The Hall–Kier alpha value is -1.18. The van der Waals surface area contributed by atoms with Crippen LogP contribution in [0, 0.1) is 22.0 Å². The summed E-state index contributed by atoms with van der Waals surface area (Å²) in [6, 6.07) is -0.924. The lowest BCUT2D eigenvalue weighted by Crippen LogP contribution is -2.52. The number of hydrogen-bond donors (Lipinski definition) is 0. The van der Waals surface area contributed by atoms with Crippen molar-refractivity contribution in [1.82, 2.24) is 0 Å². The summed E-state index contributed by atoms with van der Waals surface area (Å²) in [6.45, 7) is 1.91. The van der Waals surface area contributed by atoms with Crippen LogP contribution >= 0.6 is 15.9 Å². The molecular formula is C12H18BrN3O4. The second-order valence-corrected chi connectivity index (χ2v) is 5.75. The van der Waals surface area contributed by atoms with Gasteiger partial charge in [-0.3, -0.25) is 10.1 Å². The van der Waals surface area contributed by atoms with Crippen LogP contribution in [0.25, 0.3) is 0 Å². The Morgan fingerprint density at radius 1 is 1.35 bits per heavy atom. The van der Waals surface area contributed by atoms with Crippen LogP contribution in [0.4, 0.5) is 0 Å². The number of aliphatic imine (C=N–C) groups is 2. The summed E-state index contributed by atoms with van der Waals surface area (Å²) >= 11 is 3.45. The predicted molar refractivity (Wildman–Crippen MR) is 78.3 cm³/mol. The number of nitro groups is 1. The number of hydrogen-bond acceptors (Lipinski definition) is 6. The molecule has 0 saturated heterocycles. The van der Waals surface area contributed by atoms with Crippen molar-refractivity contribution >= 4 is 27.7 Å². The van der Waals surface area contributed by atoms with Gasteiger partial charge in [0.05, 0.1) is 26.3 Å². The summed E-state index contributed by atoms with van der Waals surface area (Å²) in [6.07, 6.45) is 0.385. The predicted octanol–water partition coefficient (Wildman–Crippen LogP) is 1.52. The molecule has 8 heteroatoms. The van der Waals surface area contributed by atoms with Crippen LogP contribution in [0.3, 0.4) is 0 Å². The first-order chi connectivity index (χ1) is 9.53. The lowest BCUT2D eigenvalue weighted by molar-refractivity contribution is -0.537. The zero-order valence-corrected chi connectivity index (χ0v) is 13.2. The van der Waals surface area contributed by atoms with Gasteiger partial charge in [0.1, 0.15) is 0 Å². The molecule has 1 saturated carbocycles. The number of ether oxygens (including phenoxy) is 2. The maximum Gasteiger partial charge on any atom is 0.273 e. The molecule has 0 aromatic carbocycles. The van der Waals surface area contributed by atoms with E-state index in [0.29, 0.717) is 23.5 Å². The molecule has 0 aromatic heterocycles. The van der Waals surface area contributed by atoms with E-state index in [1.807, 2.05) is 6.92 Å². The minimum atomic E-state index is -0.597. The fourth-order valence-corrected chi connectivity index (χ4v) is 3.95. The van der Waals surface area contributed by atoms with E-state index in [9.17, 15) is 10.1 Å². The SMILES string of the molecule is COC1=NC2CC([N+](=O)[O-])C(C)C(CBr)C2N=C1OC. The molecule has 0 amide bonds. The van der Waals surface area contributed by atoms with Gasteiger partial charge in [0, 0.05) is 28.5 Å². The first kappa shape index (κ1) is 15.2. The summed E-state index contributed by atoms with van der Waals surface area (Å²) < 4.78 is 10.3. The third-order valence-electron chi connectivity index (χ3n) is 4.17. The summed E-state index contributed by atoms with van der Waals surface area (Å²) in [5.74, 6) is 0.674. The fraction of sp³-hybridized carbons (Fsp3) is 0.833. The first-order valence-corrected chi connectivity index (χ1v) is 7.59. The van der Waals surface area contributed by atoms with Crippen LogP contribution in [0.15, 0.2) is 9.98 Å². The molecule has 5 atom stereocenters. The van der Waals surface area contributed by atoms with Crippen molar-refractivity contribution in [3.63, 3.8) is 0 Å². The highest BCUT2D eigenvalue weighted by Gasteiger charge is 2.49. The van der Waals surface area contributed by atoms with E-state index < -0.39 is 6.04 Å². The van der Waals surface area contributed by atoms with Crippen molar-refractivity contribution in [2.75, 3.05) is 19.5 Å². The standard InChI is InChI=1S/C12H18BrN3O4/c1-6-7(5-13)10-8(4-9(6)16(17)18)14-11(19-2)12(15-10)20-3/h6-10H,4-5H2,1-3H3. The van der Waals surface area contributed by atoms with Crippen molar-refractivity contribution in [1.29, 1.82) is 0 Å². The normalized spacial score (nSPS) is 36.5. The average molecular weight is 348 g/mol. The quantitative estimate of drug-likeness (QED) is 0.430. The molecule has 112 valence electrons. The van der Waals surface area contributed by atoms with Gasteiger partial charge in [-0.15, -0.1) is 0 Å². The van der Waals surface area contributed by atoms with E-state index in [0.717, 1.165) is 0 Å². The summed E-state index contributed by atoms with van der Waals surface area (Å²) in [4.78, 5) is 20.0. The molecular weight excluding hydrogens is 330 g/mol. The van der Waals surface area contributed by atoms with E-state index in [4.69, 9.17) is 9.47 Å². The molecule has 0 aromatic rings. The van der Waals surface area contributed by atoms with Crippen molar-refractivity contribution in [3.05, 3.63) is 10.1 Å². The highest BCUT2D eigenvalue weighted by atomic mass is 79.9. The largest absolute Gasteiger partial charge is 0.477 e. The Balaban J connectivity index is 2.34. The Bertz CT molecular complexity index is 454. The highest BCUT2D eigenvalue weighted by Crippen LogP contribution is 2.38. The third-order valence-corrected chi connectivity index (χ3v) is 4.91. The second kappa shape index (κ2) is 6.07. The molecule has 0 radical (unpaired) electrons. The van der Waals surface area contributed by atoms with Gasteiger partial charge in [0.2, 0.25) is 6.04 Å². The highest BCUT2D eigenvalue weighted by molar-refractivity contribution is 9.09. The Morgan fingerprint density at radius 2 is 1.95 bits per heavy atom. The topological polar surface area (TPSA) is 86.3 Å². The van der Waals surface area contributed by atoms with E-state index >= 15 is 0 Å². The van der Waals surface area contributed by atoms with Crippen LogP contribution in [-0.4, -0.2) is 54.4 Å². The van der Waals surface area contributed by atoms with Gasteiger partial charge in [0.15, 0.2) is 0 Å². The minimum absolute atomic E-state index is 0.0523. The second-order valence-electron chi connectivity index (χ2n) is 5.10. The lowest BCUT2D eigenvalue weighted by atomic mass is 9.72. The van der Waals surface area contributed by atoms with Gasteiger partial charge in [-0.2, -0.15) is 0 Å². The summed E-state index contributed by atoms with van der Waals surface area (Å²) in [7, 11) is 3.01. The third kappa shape index (κ3) is 2.53. The van der Waals surface area contributed by atoms with Gasteiger partial charge in [-0.05, 0) is 0 Å². The van der Waals surface area contributed by atoms with Gasteiger partial charge in [-0.1, -0.05) is 22.9 Å². The molecule has 7 nitrogen and oxygen atoms in total. The van der Waals surface area contributed by atoms with Crippen molar-refractivity contribution in [2.24, 2.45) is 21.8 Å². The number of methoxy groups -OCH3 is 2. The van der Waals surface area contributed by atoms with Crippen LogP contribution < -0.4 is 0 Å². The number of alkyl halides is 1. The molecule has 1 fully saturated rings. The zero-order valence-electron chi connectivity index (χ0n) is 11.7.